The van der Waals surface area contributed by atoms with Gasteiger partial charge in [-0.25, -0.2) is 4.79 Å². The maximum absolute atomic E-state index is 12.6. The van der Waals surface area contributed by atoms with Crippen molar-refractivity contribution < 1.29 is 34.0 Å². The van der Waals surface area contributed by atoms with Gasteiger partial charge in [-0.15, -0.1) is 0 Å². The number of hydrogen-bond acceptors (Lipinski definition) is 8. The lowest BCUT2D eigenvalue weighted by Gasteiger charge is -2.41. The third kappa shape index (κ3) is 3.67. The van der Waals surface area contributed by atoms with Crippen molar-refractivity contribution in [2.24, 2.45) is 0 Å². The Hall–Kier alpha value is -2.46. The first kappa shape index (κ1) is 19.3. The molecule has 1 saturated heterocycles. The van der Waals surface area contributed by atoms with Gasteiger partial charge in [0.2, 0.25) is 0 Å². The van der Waals surface area contributed by atoms with Crippen molar-refractivity contribution in [3.05, 3.63) is 40.2 Å². The predicted molar refractivity (Wildman–Crippen MR) is 93.7 cm³/mol. The number of nitrogens with one attached hydrogen (secondary N) is 1. The fourth-order valence-electron chi connectivity index (χ4n) is 3.11. The maximum Gasteiger partial charge on any atom is 0.349 e. The van der Waals surface area contributed by atoms with E-state index in [1.165, 1.54) is 19.2 Å². The number of benzene rings is 1. The smallest absolute Gasteiger partial charge is 0.349 e. The largest absolute Gasteiger partial charge is 0.497 e. The van der Waals surface area contributed by atoms with Crippen LogP contribution in [0.3, 0.4) is 0 Å². The van der Waals surface area contributed by atoms with E-state index in [1.807, 2.05) is 0 Å². The van der Waals surface area contributed by atoms with Gasteiger partial charge in [0.15, 0.2) is 0 Å². The van der Waals surface area contributed by atoms with E-state index in [0.29, 0.717) is 11.1 Å². The van der Waals surface area contributed by atoms with Gasteiger partial charge < -0.3 is 34.5 Å². The van der Waals surface area contributed by atoms with Crippen LogP contribution in [0.25, 0.3) is 11.0 Å². The molecule has 1 aromatic carbocycles. The van der Waals surface area contributed by atoms with Crippen molar-refractivity contribution in [3.8, 4) is 5.75 Å². The van der Waals surface area contributed by atoms with Crippen LogP contribution < -0.4 is 15.7 Å². The second kappa shape index (κ2) is 7.65. The van der Waals surface area contributed by atoms with Gasteiger partial charge in [0.25, 0.3) is 5.91 Å². The molecule has 0 radical (unpaired) electrons. The van der Waals surface area contributed by atoms with Crippen LogP contribution in [0.2, 0.25) is 0 Å². The average molecular weight is 379 g/mol. The zero-order valence-electron chi connectivity index (χ0n) is 14.8. The first-order chi connectivity index (χ1) is 12.8. The maximum atomic E-state index is 12.6. The summed E-state index contributed by atoms with van der Waals surface area (Å²) < 4.78 is 15.7. The van der Waals surface area contributed by atoms with Crippen molar-refractivity contribution in [1.29, 1.82) is 0 Å². The van der Waals surface area contributed by atoms with Crippen LogP contribution >= 0.6 is 0 Å². The molecule has 146 valence electrons. The van der Waals surface area contributed by atoms with E-state index in [2.05, 4.69) is 5.32 Å². The molecule has 0 bridgehead atoms. The lowest BCUT2D eigenvalue weighted by molar-refractivity contribution is -0.187. The summed E-state index contributed by atoms with van der Waals surface area (Å²) in [6.45, 7) is 1.11. The van der Waals surface area contributed by atoms with Gasteiger partial charge in [0, 0.05) is 11.5 Å². The Morgan fingerprint density at radius 3 is 2.67 bits per heavy atom. The first-order valence-corrected chi connectivity index (χ1v) is 8.41. The topological polar surface area (TPSA) is 138 Å². The van der Waals surface area contributed by atoms with E-state index in [4.69, 9.17) is 13.9 Å². The number of ether oxygens (including phenoxy) is 2. The van der Waals surface area contributed by atoms with E-state index >= 15 is 0 Å². The number of carbonyl (C=O) groups is 1. The summed E-state index contributed by atoms with van der Waals surface area (Å²) in [6.07, 6.45) is -4.39. The molecule has 1 aliphatic rings. The molecule has 2 heterocycles. The quantitative estimate of drug-likeness (QED) is 0.517. The Morgan fingerprint density at radius 2 is 2.00 bits per heavy atom. The number of carbonyl (C=O) groups excluding carboxylic acids is 1. The first-order valence-electron chi connectivity index (χ1n) is 8.41. The van der Waals surface area contributed by atoms with Crippen molar-refractivity contribution in [1.82, 2.24) is 5.32 Å². The standard InChI is InChI=1S/C18H21NO8/c1-8-14(16(22)15(21)13(7-20)26-8)19-17(23)11-5-9-3-4-10(25-2)6-12(9)27-18(11)24/h3-6,8,13-16,20-22H,7H2,1-2H3,(H,19,23). The van der Waals surface area contributed by atoms with Crippen LogP contribution in [0.15, 0.2) is 33.5 Å². The normalized spacial score (nSPS) is 28.1. The molecule has 5 unspecified atom stereocenters. The molecular weight excluding hydrogens is 358 g/mol. The molecule has 1 amide bonds. The summed E-state index contributed by atoms with van der Waals surface area (Å²) in [7, 11) is 1.48. The van der Waals surface area contributed by atoms with Crippen molar-refractivity contribution in [3.63, 3.8) is 0 Å². The third-order valence-electron chi connectivity index (χ3n) is 4.66. The molecule has 2 aromatic rings. The second-order valence-corrected chi connectivity index (χ2v) is 6.39. The molecule has 9 heteroatoms. The van der Waals surface area contributed by atoms with Crippen molar-refractivity contribution >= 4 is 16.9 Å². The lowest BCUT2D eigenvalue weighted by atomic mass is 9.93. The van der Waals surface area contributed by atoms with E-state index in [9.17, 15) is 24.9 Å². The summed E-state index contributed by atoms with van der Waals surface area (Å²) in [5, 5.41) is 32.4. The van der Waals surface area contributed by atoms with Crippen LogP contribution in [0.1, 0.15) is 17.3 Å². The number of rotatable bonds is 4. The number of fused-ring (bicyclic) bond motifs is 1. The molecule has 27 heavy (non-hydrogen) atoms. The molecular formula is C18H21NO8. The number of amides is 1. The minimum Gasteiger partial charge on any atom is -0.497 e. The average Bonchev–Trinajstić information content (AvgIpc) is 2.66. The molecule has 1 fully saturated rings. The number of hydrogen-bond donors (Lipinski definition) is 4. The SMILES string of the molecule is COc1ccc2cc(C(=O)NC3C(C)OC(CO)C(O)C3O)c(=O)oc2c1. The van der Waals surface area contributed by atoms with Crippen LogP contribution in [-0.4, -0.2) is 65.4 Å². The highest BCUT2D eigenvalue weighted by Gasteiger charge is 2.43. The van der Waals surface area contributed by atoms with Crippen LogP contribution in [0.4, 0.5) is 0 Å². The summed E-state index contributed by atoms with van der Waals surface area (Å²) in [5.74, 6) is -0.262. The van der Waals surface area contributed by atoms with Crippen LogP contribution in [0.5, 0.6) is 5.75 Å². The monoisotopic (exact) mass is 379 g/mol. The molecule has 1 aliphatic heterocycles. The Kier molecular flexibility index (Phi) is 5.47. The lowest BCUT2D eigenvalue weighted by Crippen LogP contribution is -2.63. The van der Waals surface area contributed by atoms with Gasteiger partial charge in [-0.1, -0.05) is 0 Å². The third-order valence-corrected chi connectivity index (χ3v) is 4.66. The van der Waals surface area contributed by atoms with Gasteiger partial charge in [0.1, 0.15) is 35.2 Å². The van der Waals surface area contributed by atoms with E-state index in [-0.39, 0.29) is 11.1 Å². The molecule has 4 N–H and O–H groups in total. The molecule has 0 spiro atoms. The summed E-state index contributed by atoms with van der Waals surface area (Å²) in [4.78, 5) is 24.8. The Bertz CT molecular complexity index is 895. The zero-order chi connectivity index (χ0) is 19.7. The highest BCUT2D eigenvalue weighted by molar-refractivity contribution is 5.97. The predicted octanol–water partition coefficient (Wildman–Crippen LogP) is -0.599. The van der Waals surface area contributed by atoms with Gasteiger partial charge in [-0.3, -0.25) is 4.79 Å². The van der Waals surface area contributed by atoms with Gasteiger partial charge in [-0.2, -0.15) is 0 Å². The molecule has 0 saturated carbocycles. The summed E-state index contributed by atoms with van der Waals surface area (Å²) in [6, 6.07) is 5.25. The van der Waals surface area contributed by atoms with Gasteiger partial charge in [-0.05, 0) is 25.1 Å². The minimum absolute atomic E-state index is 0.245. The Labute approximate surface area is 154 Å². The number of aliphatic hydroxyl groups excluding tert-OH is 3. The number of methoxy groups -OCH3 is 1. The minimum atomic E-state index is -1.38. The van der Waals surface area contributed by atoms with E-state index in [1.54, 1.807) is 19.1 Å². The molecule has 0 aliphatic carbocycles. The molecule has 5 atom stereocenters. The fourth-order valence-corrected chi connectivity index (χ4v) is 3.11. The highest BCUT2D eigenvalue weighted by atomic mass is 16.5. The second-order valence-electron chi connectivity index (χ2n) is 6.39. The van der Waals surface area contributed by atoms with E-state index in [0.717, 1.165) is 0 Å². The fraction of sp³-hybridized carbons (Fsp3) is 0.444. The van der Waals surface area contributed by atoms with Crippen LogP contribution in [0, 0.1) is 0 Å². The Balaban J connectivity index is 1.85. The molecule has 3 rings (SSSR count). The van der Waals surface area contributed by atoms with Crippen molar-refractivity contribution in [2.75, 3.05) is 13.7 Å². The zero-order valence-corrected chi connectivity index (χ0v) is 14.8. The molecule has 9 nitrogen and oxygen atoms in total. The highest BCUT2D eigenvalue weighted by Crippen LogP contribution is 2.22. The van der Waals surface area contributed by atoms with E-state index < -0.39 is 48.6 Å². The summed E-state index contributed by atoms with van der Waals surface area (Å²) in [5.41, 5.74) is -0.821. The summed E-state index contributed by atoms with van der Waals surface area (Å²) >= 11 is 0. The van der Waals surface area contributed by atoms with Gasteiger partial charge >= 0.3 is 5.63 Å². The Morgan fingerprint density at radius 1 is 1.26 bits per heavy atom. The number of aliphatic hydroxyl groups is 3. The van der Waals surface area contributed by atoms with Crippen LogP contribution in [-0.2, 0) is 4.74 Å². The molecule has 1 aromatic heterocycles. The van der Waals surface area contributed by atoms with Crippen molar-refractivity contribution in [2.45, 2.75) is 37.4 Å². The van der Waals surface area contributed by atoms with Gasteiger partial charge in [0.05, 0.1) is 25.9 Å².